The highest BCUT2D eigenvalue weighted by atomic mass is 79.9. The molecular weight excluding hydrogens is 611 g/mol. The van der Waals surface area contributed by atoms with Crippen LogP contribution >= 0.6 is 15.9 Å². The zero-order valence-electron chi connectivity index (χ0n) is 21.9. The summed E-state index contributed by atoms with van der Waals surface area (Å²) in [5.41, 5.74) is 0.404. The molecule has 212 valence electrons. The van der Waals surface area contributed by atoms with E-state index in [9.17, 15) is 21.6 Å². The number of piperazine rings is 1. The summed E-state index contributed by atoms with van der Waals surface area (Å²) in [5.74, 6) is 0.496. The first kappa shape index (κ1) is 28.3. The molecule has 4 aromatic rings. The zero-order chi connectivity index (χ0) is 28.8. The fraction of sp³-hybridized carbons (Fsp3) is 0.346. The zero-order valence-corrected chi connectivity index (χ0v) is 24.3. The van der Waals surface area contributed by atoms with Gasteiger partial charge in [0, 0.05) is 35.8 Å². The molecule has 5 rings (SSSR count). The van der Waals surface area contributed by atoms with E-state index in [0.29, 0.717) is 22.9 Å². The number of pyridine rings is 1. The molecule has 1 aliphatic rings. The molecule has 2 atom stereocenters. The fourth-order valence-electron chi connectivity index (χ4n) is 4.81. The molecule has 0 amide bonds. The maximum absolute atomic E-state index is 13.8. The van der Waals surface area contributed by atoms with E-state index in [-0.39, 0.29) is 46.5 Å². The van der Waals surface area contributed by atoms with Crippen LogP contribution in [0.2, 0.25) is 0 Å². The molecule has 4 heterocycles. The van der Waals surface area contributed by atoms with Crippen molar-refractivity contribution in [1.82, 2.24) is 24.2 Å². The largest absolute Gasteiger partial charge is 0.416 e. The fourth-order valence-corrected chi connectivity index (χ4v) is 6.83. The number of fused-ring (bicyclic) bond motifs is 1. The van der Waals surface area contributed by atoms with Crippen LogP contribution in [-0.4, -0.2) is 52.5 Å². The Morgan fingerprint density at radius 2 is 1.77 bits per heavy atom. The third-order valence-corrected chi connectivity index (χ3v) is 8.86. The molecule has 40 heavy (non-hydrogen) atoms. The van der Waals surface area contributed by atoms with Gasteiger partial charge < -0.3 is 15.5 Å². The Morgan fingerprint density at radius 3 is 2.42 bits per heavy atom. The predicted molar refractivity (Wildman–Crippen MR) is 150 cm³/mol. The lowest BCUT2D eigenvalue weighted by Crippen LogP contribution is -2.54. The topological polar surface area (TPSA) is 105 Å². The smallest absolute Gasteiger partial charge is 0.364 e. The average Bonchev–Trinajstić information content (AvgIpc) is 3.24. The van der Waals surface area contributed by atoms with Crippen molar-refractivity contribution in [3.63, 3.8) is 0 Å². The Balaban J connectivity index is 1.48. The van der Waals surface area contributed by atoms with Gasteiger partial charge in [0.1, 0.15) is 18.0 Å². The Morgan fingerprint density at radius 1 is 1.10 bits per heavy atom. The van der Waals surface area contributed by atoms with E-state index in [1.807, 2.05) is 25.7 Å². The number of alkyl halides is 3. The second-order valence-corrected chi connectivity index (χ2v) is 12.6. The summed E-state index contributed by atoms with van der Waals surface area (Å²) in [6.45, 7) is 6.77. The van der Waals surface area contributed by atoms with Crippen molar-refractivity contribution in [2.45, 2.75) is 50.5 Å². The highest BCUT2D eigenvalue weighted by molar-refractivity contribution is 9.10. The number of hydrogen-bond donors (Lipinski definition) is 2. The van der Waals surface area contributed by atoms with Crippen molar-refractivity contribution in [1.29, 1.82) is 0 Å². The first-order valence-corrected chi connectivity index (χ1v) is 14.7. The molecule has 1 fully saturated rings. The summed E-state index contributed by atoms with van der Waals surface area (Å²) in [5, 5.41) is 6.77. The minimum atomic E-state index is -4.55. The van der Waals surface area contributed by atoms with Crippen LogP contribution in [0.3, 0.4) is 0 Å². The summed E-state index contributed by atoms with van der Waals surface area (Å²) in [6, 6.07) is 8.70. The molecule has 1 aliphatic heterocycles. The molecule has 1 saturated heterocycles. The predicted octanol–water partition coefficient (Wildman–Crippen LogP) is 4.95. The van der Waals surface area contributed by atoms with Crippen LogP contribution in [0.4, 0.5) is 24.8 Å². The highest BCUT2D eigenvalue weighted by Crippen LogP contribution is 2.34. The van der Waals surface area contributed by atoms with Crippen LogP contribution in [0.15, 0.2) is 58.3 Å². The lowest BCUT2D eigenvalue weighted by molar-refractivity contribution is -0.137. The van der Waals surface area contributed by atoms with Crippen LogP contribution < -0.4 is 15.5 Å². The van der Waals surface area contributed by atoms with E-state index in [2.05, 4.69) is 41.5 Å². The molecule has 0 aliphatic carbocycles. The van der Waals surface area contributed by atoms with Gasteiger partial charge in [-0.15, -0.1) is 0 Å². The number of nitrogens with one attached hydrogen (secondary N) is 2. The number of aromatic nitrogens is 4. The van der Waals surface area contributed by atoms with Crippen molar-refractivity contribution in [3.05, 3.63) is 70.2 Å². The number of nitrogens with zero attached hydrogens (tertiary/aromatic N) is 5. The van der Waals surface area contributed by atoms with E-state index in [4.69, 9.17) is 0 Å². The van der Waals surface area contributed by atoms with Crippen LogP contribution in [-0.2, 0) is 22.7 Å². The van der Waals surface area contributed by atoms with Crippen LogP contribution in [0.1, 0.15) is 30.7 Å². The minimum absolute atomic E-state index is 0.0808. The van der Waals surface area contributed by atoms with Gasteiger partial charge in [0.25, 0.3) is 10.0 Å². The van der Waals surface area contributed by atoms with Crippen LogP contribution in [0, 0.1) is 6.92 Å². The minimum Gasteiger partial charge on any atom is -0.364 e. The highest BCUT2D eigenvalue weighted by Gasteiger charge is 2.33. The Labute approximate surface area is 238 Å². The van der Waals surface area contributed by atoms with Crippen LogP contribution in [0.5, 0.6) is 0 Å². The molecule has 0 saturated carbocycles. The molecule has 2 N–H and O–H groups in total. The number of benzene rings is 1. The number of halogens is 4. The van der Waals surface area contributed by atoms with Gasteiger partial charge >= 0.3 is 6.18 Å². The van der Waals surface area contributed by atoms with Gasteiger partial charge in [-0.05, 0) is 61.0 Å². The summed E-state index contributed by atoms with van der Waals surface area (Å²) in [6.07, 6.45) is -1.97. The van der Waals surface area contributed by atoms with Crippen molar-refractivity contribution in [3.8, 4) is 0 Å². The van der Waals surface area contributed by atoms with Gasteiger partial charge in [-0.3, -0.25) is 0 Å². The van der Waals surface area contributed by atoms with Gasteiger partial charge in [0.2, 0.25) is 0 Å². The lowest BCUT2D eigenvalue weighted by atomic mass is 10.1. The molecule has 0 bridgehead atoms. The Hall–Kier alpha value is -3.23. The Kier molecular flexibility index (Phi) is 7.52. The molecule has 0 radical (unpaired) electrons. The monoisotopic (exact) mass is 637 g/mol. The van der Waals surface area contributed by atoms with E-state index in [0.717, 1.165) is 21.7 Å². The van der Waals surface area contributed by atoms with E-state index < -0.39 is 21.8 Å². The molecular formula is C26H27BrF3N7O2S. The van der Waals surface area contributed by atoms with Crippen molar-refractivity contribution in [2.75, 3.05) is 23.3 Å². The van der Waals surface area contributed by atoms with Crippen molar-refractivity contribution < 1.29 is 21.6 Å². The SMILES string of the molecule is Cc1ccc(S(=O)(=O)n2cc(Br)c3c(NCc4cc(C(F)(F)F)cc(N5C[C@@H](C)N[C@@H](C)C5)n4)ncnc32)cc1. The first-order valence-electron chi connectivity index (χ1n) is 12.5. The van der Waals surface area contributed by atoms with E-state index in [1.165, 1.54) is 24.7 Å². The molecule has 14 heteroatoms. The second kappa shape index (κ2) is 10.6. The average molecular weight is 639 g/mol. The summed E-state index contributed by atoms with van der Waals surface area (Å²) in [7, 11) is -3.97. The first-order chi connectivity index (χ1) is 18.8. The lowest BCUT2D eigenvalue weighted by Gasteiger charge is -2.37. The quantitative estimate of drug-likeness (QED) is 0.306. The summed E-state index contributed by atoms with van der Waals surface area (Å²) < 4.78 is 69.6. The molecule has 0 unspecified atom stereocenters. The maximum Gasteiger partial charge on any atom is 0.416 e. The number of rotatable bonds is 6. The van der Waals surface area contributed by atoms with Gasteiger partial charge in [0.15, 0.2) is 5.65 Å². The molecule has 0 spiro atoms. The number of hydrogen-bond acceptors (Lipinski definition) is 8. The van der Waals surface area contributed by atoms with E-state index >= 15 is 0 Å². The number of anilines is 2. The summed E-state index contributed by atoms with van der Waals surface area (Å²) >= 11 is 3.40. The molecule has 3 aromatic heterocycles. The summed E-state index contributed by atoms with van der Waals surface area (Å²) in [4.78, 5) is 14.9. The van der Waals surface area contributed by atoms with Crippen LogP contribution in [0.25, 0.3) is 11.0 Å². The third kappa shape index (κ3) is 5.65. The van der Waals surface area contributed by atoms with Gasteiger partial charge in [-0.2, -0.15) is 13.2 Å². The molecule has 9 nitrogen and oxygen atoms in total. The van der Waals surface area contributed by atoms with Crippen molar-refractivity contribution in [2.24, 2.45) is 0 Å². The third-order valence-electron chi connectivity index (χ3n) is 6.59. The van der Waals surface area contributed by atoms with Gasteiger partial charge in [-0.25, -0.2) is 27.3 Å². The van der Waals surface area contributed by atoms with Gasteiger partial charge in [-0.1, -0.05) is 17.7 Å². The maximum atomic E-state index is 13.8. The van der Waals surface area contributed by atoms with Crippen molar-refractivity contribution >= 4 is 48.6 Å². The Bertz CT molecular complexity index is 1650. The molecule has 1 aromatic carbocycles. The second-order valence-electron chi connectivity index (χ2n) is 9.94. The standard InChI is InChI=1S/C26H27BrF3N7O2S/c1-15-4-6-20(7-5-15)40(38,39)37-13-21(27)23-24(32-14-33-25(23)37)31-10-19-8-18(26(28,29)30)9-22(35-19)36-11-16(2)34-17(3)12-36/h4-9,13-14,16-17,34H,10-12H2,1-3H3,(H,31,32,33)/t16-,17+. The normalized spacial score (nSPS) is 18.3. The van der Waals surface area contributed by atoms with Gasteiger partial charge in [0.05, 0.1) is 28.1 Å². The number of aryl methyl sites for hydroxylation is 1. The van der Waals surface area contributed by atoms with E-state index in [1.54, 1.807) is 12.1 Å².